The molecule has 0 radical (unpaired) electrons. The van der Waals surface area contributed by atoms with Crippen LogP contribution >= 0.6 is 0 Å². The van der Waals surface area contributed by atoms with Gasteiger partial charge >= 0.3 is 17.9 Å². The average Bonchev–Trinajstić information content (AvgIpc) is 3.35. The number of ether oxygens (including phenoxy) is 3. The van der Waals surface area contributed by atoms with Gasteiger partial charge < -0.3 is 14.2 Å². The first kappa shape index (κ1) is 67.4. The van der Waals surface area contributed by atoms with E-state index in [4.69, 9.17) is 14.2 Å². The molecule has 0 rings (SSSR count). The van der Waals surface area contributed by atoms with Crippen molar-refractivity contribution in [2.75, 3.05) is 13.2 Å². The van der Waals surface area contributed by atoms with Gasteiger partial charge in [0.05, 0.1) is 0 Å². The molecule has 0 aliphatic carbocycles. The lowest BCUT2D eigenvalue weighted by Gasteiger charge is -2.18. The van der Waals surface area contributed by atoms with Gasteiger partial charge in [-0.15, -0.1) is 0 Å². The minimum atomic E-state index is -0.760. The van der Waals surface area contributed by atoms with E-state index in [0.717, 1.165) is 57.8 Å². The number of unbranched alkanes of at least 4 members (excludes halogenated alkanes) is 48. The van der Waals surface area contributed by atoms with Crippen LogP contribution in [0.1, 0.15) is 367 Å². The molecule has 0 heterocycles. The number of rotatable bonds is 59. The van der Waals surface area contributed by atoms with E-state index in [2.05, 4.69) is 20.8 Å². The molecular weight excluding hydrogens is 853 g/mol. The number of carbonyl (C=O) groups excluding carboxylic acids is 3. The fourth-order valence-corrected chi connectivity index (χ4v) is 9.86. The molecule has 1 atom stereocenters. The van der Waals surface area contributed by atoms with E-state index in [1.165, 1.54) is 270 Å². The number of hydrogen-bond donors (Lipinski definition) is 0. The van der Waals surface area contributed by atoms with Crippen LogP contribution in [0.3, 0.4) is 0 Å². The SMILES string of the molecule is CCCCCCCCCCCCCCCCCCCCCCCCCCCCCCCCC(=O)OCC(COC(=O)CCCCCCCCCC)OC(=O)CCCCCCCCCCCCCCC. The lowest BCUT2D eigenvalue weighted by Crippen LogP contribution is -2.30. The Morgan fingerprint density at radius 2 is 0.391 bits per heavy atom. The van der Waals surface area contributed by atoms with E-state index >= 15 is 0 Å². The number of carbonyl (C=O) groups is 3. The zero-order valence-electron chi connectivity index (χ0n) is 47.1. The molecule has 69 heavy (non-hydrogen) atoms. The Labute approximate surface area is 431 Å². The molecule has 0 aromatic carbocycles. The van der Waals surface area contributed by atoms with E-state index in [0.29, 0.717) is 19.3 Å². The quantitative estimate of drug-likeness (QED) is 0.0343. The van der Waals surface area contributed by atoms with Crippen LogP contribution in [0.5, 0.6) is 0 Å². The van der Waals surface area contributed by atoms with Gasteiger partial charge in [0.1, 0.15) is 13.2 Å². The fraction of sp³-hybridized carbons (Fsp3) is 0.952. The topological polar surface area (TPSA) is 78.9 Å². The van der Waals surface area contributed by atoms with Gasteiger partial charge in [0.15, 0.2) is 6.10 Å². The summed E-state index contributed by atoms with van der Waals surface area (Å²) in [5, 5.41) is 0. The smallest absolute Gasteiger partial charge is 0.306 e. The van der Waals surface area contributed by atoms with Crippen LogP contribution in [0.2, 0.25) is 0 Å². The van der Waals surface area contributed by atoms with Crippen molar-refractivity contribution in [3.8, 4) is 0 Å². The Morgan fingerprint density at radius 3 is 0.580 bits per heavy atom. The van der Waals surface area contributed by atoms with Gasteiger partial charge in [0, 0.05) is 19.3 Å². The molecule has 0 fully saturated rings. The summed E-state index contributed by atoms with van der Waals surface area (Å²) in [7, 11) is 0. The van der Waals surface area contributed by atoms with Crippen LogP contribution in [0.25, 0.3) is 0 Å². The summed E-state index contributed by atoms with van der Waals surface area (Å²) in [6.45, 7) is 6.67. The van der Waals surface area contributed by atoms with Gasteiger partial charge in [0.25, 0.3) is 0 Å². The highest BCUT2D eigenvalue weighted by atomic mass is 16.6. The molecule has 0 aliphatic heterocycles. The molecule has 0 bridgehead atoms. The van der Waals surface area contributed by atoms with Crippen molar-refractivity contribution in [2.45, 2.75) is 374 Å². The summed E-state index contributed by atoms with van der Waals surface area (Å²) in [4.78, 5) is 38.0. The second kappa shape index (κ2) is 59.0. The third kappa shape index (κ3) is 57.2. The van der Waals surface area contributed by atoms with Crippen molar-refractivity contribution in [2.24, 2.45) is 0 Å². The molecule has 0 aromatic rings. The average molecular weight is 976 g/mol. The Kier molecular flexibility index (Phi) is 57.6. The van der Waals surface area contributed by atoms with Gasteiger partial charge in [0.2, 0.25) is 0 Å². The zero-order chi connectivity index (χ0) is 50.0. The molecule has 0 amide bonds. The maximum Gasteiger partial charge on any atom is 0.306 e. The highest BCUT2D eigenvalue weighted by Gasteiger charge is 2.19. The molecular formula is C63H122O6. The Balaban J connectivity index is 3.96. The summed E-state index contributed by atoms with van der Waals surface area (Å²) in [6, 6.07) is 0. The molecule has 0 saturated carbocycles. The second-order valence-corrected chi connectivity index (χ2v) is 21.7. The monoisotopic (exact) mass is 975 g/mol. The van der Waals surface area contributed by atoms with Crippen LogP contribution in [0.15, 0.2) is 0 Å². The van der Waals surface area contributed by atoms with Crippen LogP contribution in [-0.2, 0) is 28.6 Å². The maximum atomic E-state index is 12.8. The second-order valence-electron chi connectivity index (χ2n) is 21.7. The van der Waals surface area contributed by atoms with Gasteiger partial charge in [-0.3, -0.25) is 14.4 Å². The Morgan fingerprint density at radius 1 is 0.232 bits per heavy atom. The summed E-state index contributed by atoms with van der Waals surface area (Å²) in [6.07, 6.45) is 67.2. The summed E-state index contributed by atoms with van der Waals surface area (Å²) >= 11 is 0. The van der Waals surface area contributed by atoms with Gasteiger partial charge in [-0.05, 0) is 19.3 Å². The third-order valence-corrected chi connectivity index (χ3v) is 14.6. The molecule has 0 aliphatic rings. The zero-order valence-corrected chi connectivity index (χ0v) is 47.1. The summed E-state index contributed by atoms with van der Waals surface area (Å²) in [5.41, 5.74) is 0. The molecule has 6 heteroatoms. The van der Waals surface area contributed by atoms with Crippen molar-refractivity contribution in [1.29, 1.82) is 0 Å². The minimum absolute atomic E-state index is 0.0617. The third-order valence-electron chi connectivity index (χ3n) is 14.6. The van der Waals surface area contributed by atoms with Crippen molar-refractivity contribution in [3.63, 3.8) is 0 Å². The lowest BCUT2D eigenvalue weighted by atomic mass is 10.0. The summed E-state index contributed by atoms with van der Waals surface area (Å²) < 4.78 is 16.8. The van der Waals surface area contributed by atoms with Gasteiger partial charge in [-0.25, -0.2) is 0 Å². The molecule has 410 valence electrons. The minimum Gasteiger partial charge on any atom is -0.462 e. The Bertz CT molecular complexity index is 1030. The van der Waals surface area contributed by atoms with Crippen LogP contribution in [0.4, 0.5) is 0 Å². The largest absolute Gasteiger partial charge is 0.462 e. The van der Waals surface area contributed by atoms with E-state index in [1.807, 2.05) is 0 Å². The molecule has 0 saturated heterocycles. The lowest BCUT2D eigenvalue weighted by molar-refractivity contribution is -0.167. The van der Waals surface area contributed by atoms with Gasteiger partial charge in [-0.2, -0.15) is 0 Å². The van der Waals surface area contributed by atoms with Crippen molar-refractivity contribution < 1.29 is 28.6 Å². The number of esters is 3. The van der Waals surface area contributed by atoms with Crippen molar-refractivity contribution in [3.05, 3.63) is 0 Å². The predicted molar refractivity (Wildman–Crippen MR) is 298 cm³/mol. The van der Waals surface area contributed by atoms with E-state index in [-0.39, 0.29) is 31.1 Å². The molecule has 6 nitrogen and oxygen atoms in total. The first-order chi connectivity index (χ1) is 34.0. The molecule has 0 spiro atoms. The highest BCUT2D eigenvalue weighted by Crippen LogP contribution is 2.18. The first-order valence-corrected chi connectivity index (χ1v) is 31.5. The van der Waals surface area contributed by atoms with E-state index < -0.39 is 6.10 Å². The predicted octanol–water partition coefficient (Wildman–Crippen LogP) is 21.1. The fourth-order valence-electron chi connectivity index (χ4n) is 9.86. The van der Waals surface area contributed by atoms with E-state index in [9.17, 15) is 14.4 Å². The maximum absolute atomic E-state index is 12.8. The number of hydrogen-bond acceptors (Lipinski definition) is 6. The van der Waals surface area contributed by atoms with Crippen LogP contribution in [-0.4, -0.2) is 37.2 Å². The molecule has 0 N–H and O–H groups in total. The highest BCUT2D eigenvalue weighted by molar-refractivity contribution is 5.71. The molecule has 1 unspecified atom stereocenters. The normalized spacial score (nSPS) is 11.9. The van der Waals surface area contributed by atoms with Crippen LogP contribution < -0.4 is 0 Å². The van der Waals surface area contributed by atoms with Crippen molar-refractivity contribution >= 4 is 17.9 Å². The molecule has 0 aromatic heterocycles. The van der Waals surface area contributed by atoms with Crippen LogP contribution in [0, 0.1) is 0 Å². The summed E-state index contributed by atoms with van der Waals surface area (Å²) in [5.74, 6) is -0.840. The standard InChI is InChI=1S/C63H122O6/c1-4-7-10-13-16-19-21-23-24-25-26-27-28-29-30-31-32-33-34-35-36-37-38-39-41-42-44-47-50-53-56-62(65)68-59-60(58-67-61(64)55-52-49-46-18-15-12-9-6-3)69-63(66)57-54-51-48-45-43-40-22-20-17-14-11-8-5-2/h60H,4-59H2,1-3H3. The van der Waals surface area contributed by atoms with Crippen molar-refractivity contribution in [1.82, 2.24) is 0 Å². The Hall–Kier alpha value is -1.59. The van der Waals surface area contributed by atoms with E-state index in [1.54, 1.807) is 0 Å². The van der Waals surface area contributed by atoms with Gasteiger partial charge in [-0.1, -0.05) is 329 Å². The first-order valence-electron chi connectivity index (χ1n) is 31.5.